The first kappa shape index (κ1) is 33.8. The van der Waals surface area contributed by atoms with Gasteiger partial charge in [-0.3, -0.25) is 9.59 Å². The van der Waals surface area contributed by atoms with E-state index in [9.17, 15) is 14.7 Å². The van der Waals surface area contributed by atoms with E-state index in [1.807, 2.05) is 54.6 Å². The van der Waals surface area contributed by atoms with Crippen molar-refractivity contribution in [2.24, 2.45) is 0 Å². The second-order valence-corrected chi connectivity index (χ2v) is 10.4. The number of carboxylic acid groups (broad SMARTS) is 1. The monoisotopic (exact) mass is 627 g/mol. The van der Waals surface area contributed by atoms with Gasteiger partial charge in [-0.1, -0.05) is 78.9 Å². The van der Waals surface area contributed by atoms with Gasteiger partial charge in [0, 0.05) is 31.1 Å². The molecule has 0 aliphatic heterocycles. The van der Waals surface area contributed by atoms with Crippen LogP contribution in [0.25, 0.3) is 0 Å². The fourth-order valence-corrected chi connectivity index (χ4v) is 4.56. The van der Waals surface area contributed by atoms with Gasteiger partial charge in [-0.05, 0) is 36.6 Å². The van der Waals surface area contributed by atoms with E-state index in [1.165, 1.54) is 18.1 Å². The van der Waals surface area contributed by atoms with Crippen molar-refractivity contribution in [3.8, 4) is 0 Å². The van der Waals surface area contributed by atoms with Crippen molar-refractivity contribution < 1.29 is 24.2 Å². The lowest BCUT2D eigenvalue weighted by Crippen LogP contribution is -2.27. The first-order valence-electron chi connectivity index (χ1n) is 15.3. The molecule has 12 heteroatoms. The molecule has 1 atom stereocenters. The number of hydrogen-bond donors (Lipinski definition) is 5. The van der Waals surface area contributed by atoms with Gasteiger partial charge < -0.3 is 35.8 Å². The molecule has 1 amide bonds. The van der Waals surface area contributed by atoms with E-state index in [4.69, 9.17) is 9.47 Å². The highest BCUT2D eigenvalue weighted by Crippen LogP contribution is 2.27. The summed E-state index contributed by atoms with van der Waals surface area (Å²) in [6.07, 6.45) is 0.784. The summed E-state index contributed by atoms with van der Waals surface area (Å²) in [5.41, 5.74) is 3.04. The summed E-state index contributed by atoms with van der Waals surface area (Å²) in [6, 6.07) is 28.8. The van der Waals surface area contributed by atoms with Crippen LogP contribution in [0.3, 0.4) is 0 Å². The van der Waals surface area contributed by atoms with Gasteiger partial charge in [0.25, 0.3) is 5.91 Å². The molecule has 3 aromatic carbocycles. The number of nitrogens with one attached hydrogen (secondary N) is 4. The lowest BCUT2D eigenvalue weighted by molar-refractivity contribution is -0.137. The minimum absolute atomic E-state index is 0.137. The standard InChI is InChI=1S/C34H41N7O5/c1-25(31(43)44)38-34-40-32(36-18-17-29(26-11-5-2-6-12-26)27-13-7-3-8-14-27)39-33(41-34)37-20-22-46-24-23-45-21-19-35-30(42)28-15-9-4-10-16-28/h2-16,25,29H,17-24H2,1H3,(H,35,42)(H,43,44)(H3,36,37,38,39,40,41)/t25-/m0/s1. The Labute approximate surface area is 269 Å². The molecule has 5 N–H and O–H groups in total. The number of anilines is 3. The molecule has 4 rings (SSSR count). The first-order chi connectivity index (χ1) is 22.5. The van der Waals surface area contributed by atoms with E-state index in [-0.39, 0.29) is 23.7 Å². The summed E-state index contributed by atoms with van der Waals surface area (Å²) in [5.74, 6) is -0.227. The van der Waals surface area contributed by atoms with Crippen LogP contribution in [0.5, 0.6) is 0 Å². The molecule has 0 saturated heterocycles. The van der Waals surface area contributed by atoms with Crippen LogP contribution >= 0.6 is 0 Å². The lowest BCUT2D eigenvalue weighted by Gasteiger charge is -2.19. The fourth-order valence-electron chi connectivity index (χ4n) is 4.56. The zero-order chi connectivity index (χ0) is 32.4. The van der Waals surface area contributed by atoms with Crippen LogP contribution in [0.15, 0.2) is 91.0 Å². The maximum Gasteiger partial charge on any atom is 0.325 e. The average molecular weight is 628 g/mol. The van der Waals surface area contributed by atoms with E-state index >= 15 is 0 Å². The molecule has 0 saturated carbocycles. The first-order valence-corrected chi connectivity index (χ1v) is 15.3. The zero-order valence-electron chi connectivity index (χ0n) is 25.9. The Morgan fingerprint density at radius 1 is 0.674 bits per heavy atom. The highest BCUT2D eigenvalue weighted by Gasteiger charge is 2.16. The van der Waals surface area contributed by atoms with Gasteiger partial charge in [0.15, 0.2) is 0 Å². The number of benzene rings is 3. The number of nitrogens with zero attached hydrogens (tertiary/aromatic N) is 3. The van der Waals surface area contributed by atoms with E-state index < -0.39 is 12.0 Å². The van der Waals surface area contributed by atoms with Gasteiger partial charge >= 0.3 is 5.97 Å². The third-order valence-electron chi connectivity index (χ3n) is 6.94. The number of carbonyl (C=O) groups excluding carboxylic acids is 1. The number of ether oxygens (including phenoxy) is 2. The molecule has 242 valence electrons. The largest absolute Gasteiger partial charge is 0.480 e. The van der Waals surface area contributed by atoms with Gasteiger partial charge in [0.1, 0.15) is 6.04 Å². The number of amides is 1. The van der Waals surface area contributed by atoms with E-state index in [0.29, 0.717) is 57.6 Å². The van der Waals surface area contributed by atoms with Gasteiger partial charge in [0.05, 0.1) is 26.4 Å². The van der Waals surface area contributed by atoms with Gasteiger partial charge in [-0.25, -0.2) is 0 Å². The Hall–Kier alpha value is -5.07. The minimum Gasteiger partial charge on any atom is -0.480 e. The van der Waals surface area contributed by atoms with Crippen LogP contribution in [-0.4, -0.2) is 84.0 Å². The smallest absolute Gasteiger partial charge is 0.325 e. The summed E-state index contributed by atoms with van der Waals surface area (Å²) < 4.78 is 11.2. The fraction of sp³-hybridized carbons (Fsp3) is 0.324. The van der Waals surface area contributed by atoms with Crippen molar-refractivity contribution in [3.63, 3.8) is 0 Å². The number of carbonyl (C=O) groups is 2. The maximum absolute atomic E-state index is 12.0. The SMILES string of the molecule is C[C@H](Nc1nc(NCCOCCOCCNC(=O)c2ccccc2)nc(NCCC(c2ccccc2)c2ccccc2)n1)C(=O)O. The highest BCUT2D eigenvalue weighted by molar-refractivity contribution is 5.94. The highest BCUT2D eigenvalue weighted by atomic mass is 16.5. The van der Waals surface area contributed by atoms with Crippen LogP contribution in [0.2, 0.25) is 0 Å². The third-order valence-corrected chi connectivity index (χ3v) is 6.94. The summed E-state index contributed by atoms with van der Waals surface area (Å²) in [6.45, 7) is 4.42. The molecule has 1 heterocycles. The zero-order valence-corrected chi connectivity index (χ0v) is 25.9. The van der Waals surface area contributed by atoms with Gasteiger partial charge in [0.2, 0.25) is 17.8 Å². The molecule has 0 unspecified atom stereocenters. The molecule has 0 aliphatic carbocycles. The normalized spacial score (nSPS) is 11.5. The molecule has 0 fully saturated rings. The summed E-state index contributed by atoms with van der Waals surface area (Å²) in [4.78, 5) is 36.7. The number of aromatic nitrogens is 3. The molecule has 4 aromatic rings. The summed E-state index contributed by atoms with van der Waals surface area (Å²) in [5, 5.41) is 21.4. The second kappa shape index (κ2) is 18.7. The van der Waals surface area contributed by atoms with E-state index in [0.717, 1.165) is 6.42 Å². The van der Waals surface area contributed by atoms with Crippen molar-refractivity contribution >= 4 is 29.7 Å². The molecule has 12 nitrogen and oxygen atoms in total. The quantitative estimate of drug-likeness (QED) is 0.0891. The molecule has 46 heavy (non-hydrogen) atoms. The summed E-state index contributed by atoms with van der Waals surface area (Å²) in [7, 11) is 0. The van der Waals surface area contributed by atoms with Crippen molar-refractivity contribution in [2.75, 3.05) is 62.0 Å². The predicted octanol–water partition coefficient (Wildman–Crippen LogP) is 4.27. The lowest BCUT2D eigenvalue weighted by atomic mass is 9.88. The van der Waals surface area contributed by atoms with Gasteiger partial charge in [-0.15, -0.1) is 0 Å². The van der Waals surface area contributed by atoms with Crippen molar-refractivity contribution in [1.29, 1.82) is 0 Å². The number of hydrogen-bond acceptors (Lipinski definition) is 10. The Morgan fingerprint density at radius 2 is 1.17 bits per heavy atom. The Kier molecular flexibility index (Phi) is 13.7. The number of rotatable bonds is 20. The minimum atomic E-state index is -1.02. The number of carboxylic acids is 1. The molecule has 0 radical (unpaired) electrons. The molecule has 0 aliphatic rings. The Bertz CT molecular complexity index is 1440. The third kappa shape index (κ3) is 11.5. The van der Waals surface area contributed by atoms with E-state index in [2.05, 4.69) is 60.5 Å². The molecule has 1 aromatic heterocycles. The van der Waals surface area contributed by atoms with E-state index in [1.54, 1.807) is 12.1 Å². The Morgan fingerprint density at radius 3 is 1.74 bits per heavy atom. The molecular formula is C34H41N7O5. The summed E-state index contributed by atoms with van der Waals surface area (Å²) >= 11 is 0. The average Bonchev–Trinajstić information content (AvgIpc) is 3.08. The molecular weight excluding hydrogens is 586 g/mol. The van der Waals surface area contributed by atoms with Crippen molar-refractivity contribution in [3.05, 3.63) is 108 Å². The van der Waals surface area contributed by atoms with Crippen LogP contribution in [0, 0.1) is 0 Å². The number of aliphatic carboxylic acids is 1. The van der Waals surface area contributed by atoms with Crippen LogP contribution in [-0.2, 0) is 14.3 Å². The second-order valence-electron chi connectivity index (χ2n) is 10.4. The van der Waals surface area contributed by atoms with Gasteiger partial charge in [-0.2, -0.15) is 15.0 Å². The van der Waals surface area contributed by atoms with Crippen LogP contribution < -0.4 is 21.3 Å². The Balaban J connectivity index is 1.23. The molecule has 0 spiro atoms. The van der Waals surface area contributed by atoms with Crippen LogP contribution in [0.1, 0.15) is 40.7 Å². The maximum atomic E-state index is 12.0. The predicted molar refractivity (Wildman–Crippen MR) is 177 cm³/mol. The van der Waals surface area contributed by atoms with Crippen molar-refractivity contribution in [1.82, 2.24) is 20.3 Å². The molecule has 0 bridgehead atoms. The van der Waals surface area contributed by atoms with Crippen molar-refractivity contribution in [2.45, 2.75) is 25.3 Å². The van der Waals surface area contributed by atoms with Crippen LogP contribution in [0.4, 0.5) is 17.8 Å². The topological polar surface area (TPSA) is 160 Å².